The summed E-state index contributed by atoms with van der Waals surface area (Å²) in [6.07, 6.45) is 5.07. The highest BCUT2D eigenvalue weighted by molar-refractivity contribution is 7.98. The summed E-state index contributed by atoms with van der Waals surface area (Å²) in [5, 5.41) is 3.86. The molecule has 0 aliphatic rings. The Morgan fingerprint density at radius 3 is 2.00 bits per heavy atom. The largest absolute Gasteiger partial charge is 0.268 e. The van der Waals surface area contributed by atoms with Crippen molar-refractivity contribution in [2.75, 3.05) is 6.26 Å². The molecule has 2 aromatic heterocycles. The summed E-state index contributed by atoms with van der Waals surface area (Å²) in [6, 6.07) is 36.6. The molecule has 0 atom stereocenters. The van der Waals surface area contributed by atoms with Crippen LogP contribution in [-0.2, 0) is 6.42 Å². The average Bonchev–Trinajstić information content (AvgIpc) is 3.50. The molecule has 0 spiro atoms. The van der Waals surface area contributed by atoms with E-state index in [1.54, 1.807) is 16.2 Å². The molecule has 3 nitrogen and oxygen atoms in total. The van der Waals surface area contributed by atoms with Crippen molar-refractivity contribution in [2.45, 2.75) is 39.0 Å². The third-order valence-electron chi connectivity index (χ3n) is 7.08. The van der Waals surface area contributed by atoms with Gasteiger partial charge in [0.15, 0.2) is 0 Å². The van der Waals surface area contributed by atoms with Gasteiger partial charge < -0.3 is 0 Å². The Balaban J connectivity index is 0.000000194. The van der Waals surface area contributed by atoms with E-state index in [-0.39, 0.29) is 5.56 Å². The number of pyridine rings is 1. The van der Waals surface area contributed by atoms with Crippen molar-refractivity contribution < 1.29 is 0 Å². The maximum atomic E-state index is 12.9. The predicted molar refractivity (Wildman–Crippen MR) is 197 cm³/mol. The molecule has 224 valence electrons. The third kappa shape index (κ3) is 7.45. The zero-order valence-corrected chi connectivity index (χ0v) is 27.3. The summed E-state index contributed by atoms with van der Waals surface area (Å²) in [6.45, 7) is 18.0. The van der Waals surface area contributed by atoms with Gasteiger partial charge in [-0.2, -0.15) is 0 Å². The number of para-hydroxylation sites is 2. The Kier molecular flexibility index (Phi) is 12.9. The standard InChI is InChI=1S/C18H10N2O.C10H12.C8H10S.C2H6.C2H4/c21-18-13-8-4-6-11-5-3-7-12(16(11)13)17-19-14-9-1-2-10-15(14)20(17)18;1-3-9-5-7-10(4-2)8-6-9;1-7-5-3-4-6-8(7)9-2;2*1-2/h1-10H;3,5-8H,1,4H2,2H3;3-6H,1-2H3;1-2H3;1-2H2. The summed E-state index contributed by atoms with van der Waals surface area (Å²) in [5.74, 6) is 0. The summed E-state index contributed by atoms with van der Waals surface area (Å²) in [4.78, 5) is 18.9. The van der Waals surface area contributed by atoms with Crippen LogP contribution in [0.4, 0.5) is 0 Å². The highest BCUT2D eigenvalue weighted by atomic mass is 32.2. The lowest BCUT2D eigenvalue weighted by molar-refractivity contribution is 1.14. The van der Waals surface area contributed by atoms with Crippen LogP contribution in [-0.4, -0.2) is 15.6 Å². The monoisotopic (exact) mass is 598 g/mol. The zero-order valence-electron chi connectivity index (χ0n) is 26.5. The van der Waals surface area contributed by atoms with E-state index in [0.717, 1.165) is 44.6 Å². The Morgan fingerprint density at radius 1 is 0.795 bits per heavy atom. The van der Waals surface area contributed by atoms with Gasteiger partial charge in [0, 0.05) is 21.1 Å². The molecule has 5 aromatic carbocycles. The molecule has 2 heterocycles. The quantitative estimate of drug-likeness (QED) is 0.150. The van der Waals surface area contributed by atoms with Gasteiger partial charge in [0.2, 0.25) is 0 Å². The van der Waals surface area contributed by atoms with Crippen LogP contribution in [0.3, 0.4) is 0 Å². The summed E-state index contributed by atoms with van der Waals surface area (Å²) in [7, 11) is 0. The van der Waals surface area contributed by atoms with Crippen LogP contribution in [0.25, 0.3) is 44.3 Å². The first-order chi connectivity index (χ1) is 21.5. The normalized spacial score (nSPS) is 10.0. The van der Waals surface area contributed by atoms with E-state index in [2.05, 4.69) is 93.4 Å². The Bertz CT molecular complexity index is 1990. The molecule has 0 amide bonds. The Morgan fingerprint density at radius 2 is 1.41 bits per heavy atom. The minimum absolute atomic E-state index is 0.00278. The van der Waals surface area contributed by atoms with Gasteiger partial charge in [0.1, 0.15) is 5.65 Å². The van der Waals surface area contributed by atoms with Crippen molar-refractivity contribution in [3.8, 4) is 0 Å². The second-order valence-corrected chi connectivity index (χ2v) is 10.4. The molecular formula is C40H42N2OS. The van der Waals surface area contributed by atoms with Crippen molar-refractivity contribution in [3.05, 3.63) is 156 Å². The molecule has 0 radical (unpaired) electrons. The number of imidazole rings is 1. The van der Waals surface area contributed by atoms with Gasteiger partial charge in [-0.1, -0.05) is 118 Å². The topological polar surface area (TPSA) is 34.4 Å². The van der Waals surface area contributed by atoms with Gasteiger partial charge in [0.05, 0.1) is 11.0 Å². The molecule has 0 unspecified atom stereocenters. The number of benzene rings is 5. The Labute approximate surface area is 265 Å². The minimum Gasteiger partial charge on any atom is -0.268 e. The SMILES string of the molecule is C=C.C=Cc1ccc(CC)cc1.CC.CSc1ccccc1C.O=c1c2cccc3cccc(c32)c2nc3ccccc3n12. The number of aromatic nitrogens is 2. The number of rotatable bonds is 3. The fourth-order valence-electron chi connectivity index (χ4n) is 4.91. The summed E-state index contributed by atoms with van der Waals surface area (Å²) >= 11 is 1.80. The number of nitrogens with zero attached hydrogens (tertiary/aromatic N) is 2. The van der Waals surface area contributed by atoms with Gasteiger partial charge >= 0.3 is 0 Å². The summed E-state index contributed by atoms with van der Waals surface area (Å²) in [5.41, 5.74) is 6.40. The number of hydrogen-bond acceptors (Lipinski definition) is 3. The van der Waals surface area contributed by atoms with Crippen molar-refractivity contribution in [1.29, 1.82) is 0 Å². The van der Waals surface area contributed by atoms with Gasteiger partial charge in [0.25, 0.3) is 5.56 Å². The van der Waals surface area contributed by atoms with Crippen molar-refractivity contribution in [3.63, 3.8) is 0 Å². The molecule has 0 N–H and O–H groups in total. The maximum Gasteiger partial charge on any atom is 0.264 e. The molecule has 4 heteroatoms. The van der Waals surface area contributed by atoms with Crippen LogP contribution >= 0.6 is 11.8 Å². The first-order valence-corrected chi connectivity index (χ1v) is 16.1. The van der Waals surface area contributed by atoms with Crippen molar-refractivity contribution >= 4 is 56.1 Å². The third-order valence-corrected chi connectivity index (χ3v) is 7.97. The molecule has 0 saturated carbocycles. The molecule has 0 fully saturated rings. The van der Waals surface area contributed by atoms with Gasteiger partial charge in [-0.25, -0.2) is 4.98 Å². The fourth-order valence-corrected chi connectivity index (χ4v) is 5.52. The van der Waals surface area contributed by atoms with Gasteiger partial charge in [-0.05, 0) is 65.9 Å². The molecule has 0 aliphatic heterocycles. The Hall–Kier alpha value is -4.67. The first kappa shape index (κ1) is 33.8. The van der Waals surface area contributed by atoms with Crippen molar-refractivity contribution in [1.82, 2.24) is 9.38 Å². The highest BCUT2D eigenvalue weighted by Crippen LogP contribution is 2.29. The van der Waals surface area contributed by atoms with E-state index < -0.39 is 0 Å². The van der Waals surface area contributed by atoms with E-state index in [0.29, 0.717) is 0 Å². The molecule has 0 bridgehead atoms. The van der Waals surface area contributed by atoms with Crippen LogP contribution in [0.5, 0.6) is 0 Å². The lowest BCUT2D eigenvalue weighted by atomic mass is 10.0. The molecule has 0 aliphatic carbocycles. The number of thioether (sulfide) groups is 1. The summed E-state index contributed by atoms with van der Waals surface area (Å²) < 4.78 is 1.73. The van der Waals surface area contributed by atoms with E-state index in [9.17, 15) is 4.79 Å². The van der Waals surface area contributed by atoms with Gasteiger partial charge in [-0.15, -0.1) is 24.9 Å². The lowest BCUT2D eigenvalue weighted by Gasteiger charge is -2.06. The van der Waals surface area contributed by atoms with E-state index in [4.69, 9.17) is 0 Å². The average molecular weight is 599 g/mol. The van der Waals surface area contributed by atoms with E-state index >= 15 is 0 Å². The number of aryl methyl sites for hydroxylation is 2. The van der Waals surface area contributed by atoms with E-state index in [1.165, 1.54) is 21.6 Å². The van der Waals surface area contributed by atoms with Crippen LogP contribution in [0, 0.1) is 6.92 Å². The van der Waals surface area contributed by atoms with Crippen molar-refractivity contribution in [2.24, 2.45) is 0 Å². The highest BCUT2D eigenvalue weighted by Gasteiger charge is 2.14. The lowest BCUT2D eigenvalue weighted by Crippen LogP contribution is -2.13. The predicted octanol–water partition coefficient (Wildman–Crippen LogP) is 11.0. The van der Waals surface area contributed by atoms with E-state index in [1.807, 2.05) is 80.6 Å². The van der Waals surface area contributed by atoms with Crippen LogP contribution in [0.15, 0.2) is 139 Å². The fraction of sp³-hybridized carbons (Fsp3) is 0.150. The molecule has 0 saturated heterocycles. The molecule has 7 rings (SSSR count). The van der Waals surface area contributed by atoms with Crippen LogP contribution in [0.1, 0.15) is 37.5 Å². The molecule has 7 aromatic rings. The van der Waals surface area contributed by atoms with Crippen LogP contribution < -0.4 is 5.56 Å². The minimum atomic E-state index is 0.00278. The van der Waals surface area contributed by atoms with Gasteiger partial charge in [-0.3, -0.25) is 9.20 Å². The zero-order chi connectivity index (χ0) is 32.1. The number of fused-ring (bicyclic) bond motifs is 4. The molecular weight excluding hydrogens is 557 g/mol. The molecule has 44 heavy (non-hydrogen) atoms. The first-order valence-electron chi connectivity index (χ1n) is 14.9. The number of hydrogen-bond donors (Lipinski definition) is 0. The second-order valence-electron chi connectivity index (χ2n) is 9.54. The second kappa shape index (κ2) is 16.8. The maximum absolute atomic E-state index is 12.9. The smallest absolute Gasteiger partial charge is 0.264 e. The van der Waals surface area contributed by atoms with Crippen LogP contribution in [0.2, 0.25) is 0 Å².